The van der Waals surface area contributed by atoms with Crippen molar-refractivity contribution in [2.45, 2.75) is 6.54 Å². The Labute approximate surface area is 203 Å². The molecule has 0 spiro atoms. The monoisotopic (exact) mass is 569 g/mol. The van der Waals surface area contributed by atoms with Crippen molar-refractivity contribution in [2.24, 2.45) is 0 Å². The van der Waals surface area contributed by atoms with E-state index in [0.29, 0.717) is 6.07 Å². The number of aromatic hydroxyl groups is 1. The summed E-state index contributed by atoms with van der Waals surface area (Å²) in [6, 6.07) is -1.27. The molecule has 0 saturated carbocycles. The van der Waals surface area contributed by atoms with Crippen LogP contribution >= 0.6 is 22.6 Å². The van der Waals surface area contributed by atoms with Gasteiger partial charge in [-0.25, -0.2) is 13.6 Å². The predicted octanol–water partition coefficient (Wildman–Crippen LogP) is 4.30. The zero-order chi connectivity index (χ0) is 27.3. The van der Waals surface area contributed by atoms with Gasteiger partial charge >= 0.3 is 5.97 Å². The summed E-state index contributed by atoms with van der Waals surface area (Å²) in [6.07, 6.45) is 0. The lowest BCUT2D eigenvalue weighted by Gasteiger charge is -2.19. The molecular weight excluding hydrogens is 551 g/mol. The van der Waals surface area contributed by atoms with Gasteiger partial charge in [0.2, 0.25) is 11.3 Å². The van der Waals surface area contributed by atoms with Crippen LogP contribution in [0.3, 0.4) is 0 Å². The lowest BCUT2D eigenvalue weighted by atomic mass is 9.89. The Morgan fingerprint density at radius 2 is 1.85 bits per heavy atom. The van der Waals surface area contributed by atoms with Crippen molar-refractivity contribution < 1.29 is 38.5 Å². The third-order valence-electron chi connectivity index (χ3n) is 4.82. The van der Waals surface area contributed by atoms with Crippen LogP contribution < -0.4 is 10.7 Å². The van der Waals surface area contributed by atoms with E-state index in [4.69, 9.17) is 9.90 Å². The summed E-state index contributed by atoms with van der Waals surface area (Å²) in [5.74, 6) is -6.01. The topological polar surface area (TPSA) is 117 Å². The Hall–Kier alpha value is -3.54. The summed E-state index contributed by atoms with van der Waals surface area (Å²) >= 11 is 1.77. The Morgan fingerprint density at radius 1 is 1.12 bits per heavy atom. The van der Waals surface area contributed by atoms with Crippen LogP contribution in [-0.2, 0) is 11.3 Å². The maximum atomic E-state index is 14.9. The molecule has 0 bridgehead atoms. The second-order valence-corrected chi connectivity index (χ2v) is 7.55. The molecule has 3 N–H and O–H groups in total. The fraction of sp³-hybridized carbons (Fsp3) is 0.0870. The number of carboxylic acids is 1. The van der Waals surface area contributed by atoms with E-state index in [-0.39, 0.29) is 37.8 Å². The number of amides is 1. The first-order valence-corrected chi connectivity index (χ1v) is 10.7. The van der Waals surface area contributed by atoms with Gasteiger partial charge in [0.25, 0.3) is 0 Å². The Morgan fingerprint density at radius 3 is 2.55 bits per heavy atom. The number of carbonyl (C=O) groups excluding carboxylic acids is 1. The summed E-state index contributed by atoms with van der Waals surface area (Å²) in [6.45, 7) is -0.458. The highest BCUT2D eigenvalue weighted by Gasteiger charge is 2.26. The van der Waals surface area contributed by atoms with Gasteiger partial charge in [-0.05, 0) is 23.7 Å². The number of carbonyl (C=O) groups is 2. The largest absolute Gasteiger partial charge is 0.504 e. The van der Waals surface area contributed by atoms with Gasteiger partial charge in [-0.15, -0.1) is 0 Å². The van der Waals surface area contributed by atoms with E-state index < -0.39 is 76.5 Å². The van der Waals surface area contributed by atoms with E-state index in [1.54, 1.807) is 22.6 Å². The van der Waals surface area contributed by atoms with Gasteiger partial charge in [0.15, 0.2) is 17.4 Å². The summed E-state index contributed by atoms with van der Waals surface area (Å²) in [5, 5.41) is 22.4. The summed E-state index contributed by atoms with van der Waals surface area (Å²) in [7, 11) is 0. The number of alkyl halides is 1. The van der Waals surface area contributed by atoms with E-state index in [9.17, 15) is 33.4 Å². The molecule has 0 atom stereocenters. The predicted molar refractivity (Wildman–Crippen MR) is 124 cm³/mol. The molecule has 2 aromatic rings. The molecule has 2 aliphatic rings. The minimum Gasteiger partial charge on any atom is -0.504 e. The molecule has 0 saturated heterocycles. The van der Waals surface area contributed by atoms with Crippen LogP contribution in [0.4, 0.5) is 8.78 Å². The third kappa shape index (κ3) is 4.01. The first kappa shape index (κ1) is 18.0. The fourth-order valence-electron chi connectivity index (χ4n) is 3.37. The maximum absolute atomic E-state index is 14.9. The van der Waals surface area contributed by atoms with Gasteiger partial charge in [0.05, 0.1) is 27.6 Å². The number of aromatic carboxylic acids is 1. The summed E-state index contributed by atoms with van der Waals surface area (Å²) in [5.41, 5.74) is -3.91. The van der Waals surface area contributed by atoms with Crippen LogP contribution in [0.2, 0.25) is 0 Å². The van der Waals surface area contributed by atoms with Crippen molar-refractivity contribution in [3.8, 4) is 28.2 Å². The van der Waals surface area contributed by atoms with Gasteiger partial charge < -0.3 is 19.9 Å². The lowest BCUT2D eigenvalue weighted by molar-refractivity contribution is -0.118. The number of phenolic OH excluding ortho intramolecular Hbond substituents is 1. The standard InChI is InChI=1S/C23H14F2INO6/c24-15-5-12-18(7-17(15)28)33-22-13(20(12)10-3-1-2-4-11(10)23(31)32)6-16(25)21(30)14(22)9-27-19(29)8-26/h1-7,30H,8-9H2,(H,27,29)(H,31,32)/i1D,2D,3D,4D. The molecule has 1 aliphatic heterocycles. The number of hydrogen-bond donors (Lipinski definition) is 3. The number of carboxylic acid groups (broad SMARTS) is 1. The van der Waals surface area contributed by atoms with Gasteiger partial charge in [-0.2, -0.15) is 0 Å². The second-order valence-electron chi connectivity index (χ2n) is 6.78. The molecule has 1 amide bonds. The Bertz CT molecular complexity index is 1680. The summed E-state index contributed by atoms with van der Waals surface area (Å²) < 4.78 is 67.6. The molecule has 168 valence electrons. The average molecular weight is 569 g/mol. The van der Waals surface area contributed by atoms with Crippen molar-refractivity contribution in [1.29, 1.82) is 0 Å². The van der Waals surface area contributed by atoms with Crippen LogP contribution in [0.15, 0.2) is 51.6 Å². The second kappa shape index (κ2) is 8.77. The van der Waals surface area contributed by atoms with E-state index in [2.05, 4.69) is 5.32 Å². The number of nitrogens with one attached hydrogen (secondary N) is 1. The van der Waals surface area contributed by atoms with Crippen molar-refractivity contribution in [1.82, 2.24) is 5.32 Å². The molecule has 10 heteroatoms. The molecule has 1 heterocycles. The van der Waals surface area contributed by atoms with Crippen molar-refractivity contribution in [2.75, 3.05) is 4.43 Å². The Kier molecular flexibility index (Phi) is 4.77. The highest BCUT2D eigenvalue weighted by Crippen LogP contribution is 2.44. The SMILES string of the molecule is [2H]c1c([2H])c([2H])c(-c2c3cc(F)c(=O)cc-3oc3c(CNC(=O)CI)c(O)c(F)cc23)c(C(=O)O)c1[2H]. The molecule has 7 nitrogen and oxygen atoms in total. The van der Waals surface area contributed by atoms with Gasteiger partial charge in [-0.3, -0.25) is 9.59 Å². The molecule has 4 rings (SSSR count). The van der Waals surface area contributed by atoms with E-state index in [1.165, 1.54) is 0 Å². The highest BCUT2D eigenvalue weighted by molar-refractivity contribution is 14.1. The summed E-state index contributed by atoms with van der Waals surface area (Å²) in [4.78, 5) is 36.0. The molecular formula is C23H14F2INO6. The van der Waals surface area contributed by atoms with Crippen molar-refractivity contribution in [3.63, 3.8) is 0 Å². The number of hydrogen-bond acceptors (Lipinski definition) is 5. The minimum atomic E-state index is -1.75. The smallest absolute Gasteiger partial charge is 0.336 e. The van der Waals surface area contributed by atoms with Crippen molar-refractivity contribution >= 4 is 45.4 Å². The number of rotatable bonds is 5. The molecule has 0 aromatic heterocycles. The van der Waals surface area contributed by atoms with E-state index >= 15 is 0 Å². The van der Waals surface area contributed by atoms with Gasteiger partial charge in [-0.1, -0.05) is 40.7 Å². The minimum absolute atomic E-state index is 0.0259. The average Bonchev–Trinajstić information content (AvgIpc) is 2.85. The molecule has 33 heavy (non-hydrogen) atoms. The molecule has 0 radical (unpaired) electrons. The Balaban J connectivity index is 2.30. The van der Waals surface area contributed by atoms with Crippen LogP contribution in [0.25, 0.3) is 33.4 Å². The first-order valence-electron chi connectivity index (χ1n) is 11.2. The number of benzene rings is 3. The van der Waals surface area contributed by atoms with E-state index in [1.807, 2.05) is 0 Å². The fourth-order valence-corrected chi connectivity index (χ4v) is 3.64. The van der Waals surface area contributed by atoms with Crippen molar-refractivity contribution in [3.05, 3.63) is 75.4 Å². The number of phenols is 1. The first-order chi connectivity index (χ1) is 17.4. The van der Waals surface area contributed by atoms with E-state index in [0.717, 1.165) is 12.1 Å². The zero-order valence-corrected chi connectivity index (χ0v) is 18.5. The quantitative estimate of drug-likeness (QED) is 0.188. The van der Waals surface area contributed by atoms with Crippen LogP contribution in [0.1, 0.15) is 21.4 Å². The van der Waals surface area contributed by atoms with Crippen LogP contribution in [-0.4, -0.2) is 26.5 Å². The maximum Gasteiger partial charge on any atom is 0.336 e. The molecule has 0 unspecified atom stereocenters. The van der Waals surface area contributed by atoms with Crippen LogP contribution in [0, 0.1) is 11.6 Å². The molecule has 1 aliphatic carbocycles. The lowest BCUT2D eigenvalue weighted by Crippen LogP contribution is -2.23. The van der Waals surface area contributed by atoms with Gasteiger partial charge in [0.1, 0.15) is 11.3 Å². The zero-order valence-electron chi connectivity index (χ0n) is 20.3. The molecule has 0 fully saturated rings. The van der Waals surface area contributed by atoms with Crippen LogP contribution in [0.5, 0.6) is 5.75 Å². The highest BCUT2D eigenvalue weighted by atomic mass is 127. The number of halogens is 3. The molecule has 2 aromatic carbocycles. The normalized spacial score (nSPS) is 12.8. The number of fused-ring (bicyclic) bond motifs is 2. The third-order valence-corrected chi connectivity index (χ3v) is 5.51. The van der Waals surface area contributed by atoms with Gasteiger partial charge in [0, 0.05) is 22.6 Å².